The van der Waals surface area contributed by atoms with Gasteiger partial charge < -0.3 is 15.3 Å². The molecule has 6 rings (SSSR count). The van der Waals surface area contributed by atoms with Crippen LogP contribution in [0.2, 0.25) is 0 Å². The van der Waals surface area contributed by atoms with Crippen molar-refractivity contribution in [3.8, 4) is 0 Å². The fraction of sp³-hybridized carbons (Fsp3) is 0.455. The lowest BCUT2D eigenvalue weighted by atomic mass is 9.86. The summed E-state index contributed by atoms with van der Waals surface area (Å²) in [6.07, 6.45) is 12.3. The highest BCUT2D eigenvalue weighted by Gasteiger charge is 2.55. The van der Waals surface area contributed by atoms with E-state index in [0.29, 0.717) is 32.4 Å². The topological polar surface area (TPSA) is 69.6 Å². The molecule has 0 radical (unpaired) electrons. The second kappa shape index (κ2) is 10.5. The van der Waals surface area contributed by atoms with Gasteiger partial charge in [0, 0.05) is 31.8 Å². The number of nitrogens with one attached hydrogen (secondary N) is 1. The molecule has 0 aromatic heterocycles. The highest BCUT2D eigenvalue weighted by Crippen LogP contribution is 2.42. The van der Waals surface area contributed by atoms with Gasteiger partial charge in [0.2, 0.25) is 11.8 Å². The van der Waals surface area contributed by atoms with E-state index in [1.165, 1.54) is 39.8 Å². The second-order valence-electron chi connectivity index (χ2n) is 11.6. The van der Waals surface area contributed by atoms with Crippen molar-refractivity contribution in [3.05, 3.63) is 76.4 Å². The molecule has 2 saturated carbocycles. The van der Waals surface area contributed by atoms with Crippen LogP contribution in [0.4, 0.5) is 0 Å². The predicted molar refractivity (Wildman–Crippen MR) is 151 cm³/mol. The minimum absolute atomic E-state index is 0.0622. The average molecular weight is 511 g/mol. The standard InChI is InChI=1S/C33H38N2O3/c36-29-22-33(29,34-32(38)26-10-2-1-3-11-26)19-16-30(37)35-20-17-25(18-21-35)31-27-12-6-4-8-23(27)14-15-24-9-5-7-13-28(24)31/h4-9,12-15,26,29,36H,1-3,10-11,16-22H2,(H,34,38)/t29-,33?/m0/s1. The number of aliphatic hydroxyl groups is 1. The van der Waals surface area contributed by atoms with E-state index in [1.54, 1.807) is 0 Å². The summed E-state index contributed by atoms with van der Waals surface area (Å²) in [5.74, 6) is 0.260. The van der Waals surface area contributed by atoms with Crippen LogP contribution in [-0.4, -0.2) is 46.6 Å². The molecule has 1 unspecified atom stereocenters. The molecule has 5 nitrogen and oxygen atoms in total. The Balaban J connectivity index is 1.11. The van der Waals surface area contributed by atoms with Crippen molar-refractivity contribution in [3.63, 3.8) is 0 Å². The molecule has 0 bridgehead atoms. The largest absolute Gasteiger partial charge is 0.391 e. The Kier molecular flexibility index (Phi) is 6.96. The molecule has 1 heterocycles. The lowest BCUT2D eigenvalue weighted by Gasteiger charge is -2.31. The van der Waals surface area contributed by atoms with Crippen LogP contribution in [0.25, 0.3) is 17.7 Å². The van der Waals surface area contributed by atoms with E-state index >= 15 is 0 Å². The number of carbonyl (C=O) groups is 2. The highest BCUT2D eigenvalue weighted by molar-refractivity contribution is 5.95. The Morgan fingerprint density at radius 2 is 1.47 bits per heavy atom. The van der Waals surface area contributed by atoms with Gasteiger partial charge in [-0.3, -0.25) is 9.59 Å². The van der Waals surface area contributed by atoms with Gasteiger partial charge in [-0.25, -0.2) is 0 Å². The Labute approximate surface area is 225 Å². The monoisotopic (exact) mass is 510 g/mol. The molecule has 2 aromatic rings. The average Bonchev–Trinajstić information content (AvgIpc) is 3.64. The molecule has 38 heavy (non-hydrogen) atoms. The third-order valence-corrected chi connectivity index (χ3v) is 9.14. The lowest BCUT2D eigenvalue weighted by molar-refractivity contribution is -0.133. The number of nitrogens with zero attached hydrogens (tertiary/aromatic N) is 1. The first-order chi connectivity index (χ1) is 18.5. The number of hydrogen-bond donors (Lipinski definition) is 2. The van der Waals surface area contributed by atoms with Gasteiger partial charge in [-0.1, -0.05) is 85.5 Å². The van der Waals surface area contributed by atoms with E-state index in [4.69, 9.17) is 0 Å². The number of carbonyl (C=O) groups excluding carboxylic acids is 2. The van der Waals surface area contributed by atoms with Crippen molar-refractivity contribution in [1.29, 1.82) is 0 Å². The van der Waals surface area contributed by atoms with E-state index < -0.39 is 11.6 Å². The summed E-state index contributed by atoms with van der Waals surface area (Å²) in [4.78, 5) is 28.0. The van der Waals surface area contributed by atoms with Gasteiger partial charge >= 0.3 is 0 Å². The maximum atomic E-state index is 13.2. The van der Waals surface area contributed by atoms with Crippen molar-refractivity contribution in [2.75, 3.05) is 13.1 Å². The van der Waals surface area contributed by atoms with Gasteiger partial charge in [-0.05, 0) is 59.9 Å². The molecule has 2 amide bonds. The van der Waals surface area contributed by atoms with Crippen LogP contribution in [0.1, 0.15) is 86.5 Å². The highest BCUT2D eigenvalue weighted by atomic mass is 16.3. The molecule has 2 N–H and O–H groups in total. The molecule has 3 aliphatic carbocycles. The third-order valence-electron chi connectivity index (χ3n) is 9.14. The normalized spacial score (nSPS) is 24.9. The molecule has 198 valence electrons. The van der Waals surface area contributed by atoms with E-state index in [2.05, 4.69) is 66.0 Å². The summed E-state index contributed by atoms with van der Waals surface area (Å²) < 4.78 is 0. The summed E-state index contributed by atoms with van der Waals surface area (Å²) in [6, 6.07) is 17.2. The van der Waals surface area contributed by atoms with Crippen LogP contribution in [0.3, 0.4) is 0 Å². The Hall–Kier alpha value is -3.18. The molecule has 1 aliphatic heterocycles. The fourth-order valence-corrected chi connectivity index (χ4v) is 6.67. The molecule has 3 fully saturated rings. The molecule has 2 aromatic carbocycles. The van der Waals surface area contributed by atoms with Gasteiger partial charge in [0.25, 0.3) is 0 Å². The van der Waals surface area contributed by atoms with E-state index in [-0.39, 0.29) is 17.7 Å². The summed E-state index contributed by atoms with van der Waals surface area (Å²) in [6.45, 7) is 1.42. The lowest BCUT2D eigenvalue weighted by Crippen LogP contribution is -2.44. The van der Waals surface area contributed by atoms with Gasteiger partial charge in [0.15, 0.2) is 0 Å². The summed E-state index contributed by atoms with van der Waals surface area (Å²) in [7, 11) is 0. The smallest absolute Gasteiger partial charge is 0.223 e. The molecular weight excluding hydrogens is 472 g/mol. The number of fused-ring (bicyclic) bond motifs is 2. The number of hydrogen-bond acceptors (Lipinski definition) is 3. The van der Waals surface area contributed by atoms with Crippen molar-refractivity contribution in [2.24, 2.45) is 5.92 Å². The maximum Gasteiger partial charge on any atom is 0.223 e. The number of rotatable bonds is 5. The number of piperidine rings is 1. The molecular formula is C33H38N2O3. The van der Waals surface area contributed by atoms with Crippen molar-refractivity contribution in [1.82, 2.24) is 10.2 Å². The van der Waals surface area contributed by atoms with Crippen LogP contribution < -0.4 is 5.32 Å². The summed E-state index contributed by atoms with van der Waals surface area (Å²) in [5, 5.41) is 13.5. The minimum atomic E-state index is -0.603. The Morgan fingerprint density at radius 3 is 2.05 bits per heavy atom. The van der Waals surface area contributed by atoms with Crippen LogP contribution in [-0.2, 0) is 9.59 Å². The fourth-order valence-electron chi connectivity index (χ4n) is 6.67. The van der Waals surface area contributed by atoms with Gasteiger partial charge in [-0.15, -0.1) is 0 Å². The van der Waals surface area contributed by atoms with E-state index in [9.17, 15) is 14.7 Å². The first-order valence-electron chi connectivity index (χ1n) is 14.4. The number of amides is 2. The zero-order valence-corrected chi connectivity index (χ0v) is 22.1. The summed E-state index contributed by atoms with van der Waals surface area (Å²) in [5.41, 5.74) is 7.11. The van der Waals surface area contributed by atoms with Crippen LogP contribution in [0, 0.1) is 5.92 Å². The number of benzene rings is 2. The van der Waals surface area contributed by atoms with Crippen LogP contribution in [0.5, 0.6) is 0 Å². The van der Waals surface area contributed by atoms with E-state index in [0.717, 1.165) is 38.5 Å². The molecule has 4 aliphatic rings. The number of likely N-dealkylation sites (tertiary alicyclic amines) is 1. The SMILES string of the molecule is O=C(NC1(CCC(=O)N2CCC(=C3c4ccccc4C=Cc4ccccc43)CC2)C[C@@H]1O)C1CCCCC1. The molecule has 0 spiro atoms. The van der Waals surface area contributed by atoms with E-state index in [1.807, 2.05) is 4.90 Å². The van der Waals surface area contributed by atoms with Gasteiger partial charge in [0.05, 0.1) is 11.6 Å². The number of aliphatic hydroxyl groups excluding tert-OH is 1. The maximum absolute atomic E-state index is 13.2. The Morgan fingerprint density at radius 1 is 0.895 bits per heavy atom. The van der Waals surface area contributed by atoms with Crippen molar-refractivity contribution in [2.45, 2.75) is 75.9 Å². The van der Waals surface area contributed by atoms with Crippen LogP contribution in [0.15, 0.2) is 54.1 Å². The Bertz CT molecular complexity index is 1230. The quantitative estimate of drug-likeness (QED) is 0.471. The minimum Gasteiger partial charge on any atom is -0.391 e. The van der Waals surface area contributed by atoms with Crippen molar-refractivity contribution >= 4 is 29.5 Å². The zero-order chi connectivity index (χ0) is 26.1. The molecule has 1 saturated heterocycles. The second-order valence-corrected chi connectivity index (χ2v) is 11.6. The van der Waals surface area contributed by atoms with Gasteiger partial charge in [-0.2, -0.15) is 0 Å². The summed E-state index contributed by atoms with van der Waals surface area (Å²) >= 11 is 0. The third kappa shape index (κ3) is 4.96. The predicted octanol–water partition coefficient (Wildman–Crippen LogP) is 5.57. The molecule has 2 atom stereocenters. The first kappa shape index (κ1) is 25.1. The van der Waals surface area contributed by atoms with Crippen LogP contribution >= 0.6 is 0 Å². The van der Waals surface area contributed by atoms with Crippen molar-refractivity contribution < 1.29 is 14.7 Å². The van der Waals surface area contributed by atoms with Gasteiger partial charge in [0.1, 0.15) is 0 Å². The molecule has 5 heteroatoms. The zero-order valence-electron chi connectivity index (χ0n) is 22.1. The first-order valence-corrected chi connectivity index (χ1v) is 14.4.